The molecule has 2 aliphatic heterocycles. The van der Waals surface area contributed by atoms with Crippen LogP contribution in [0.1, 0.15) is 12.8 Å². The Morgan fingerprint density at radius 2 is 1.37 bits per heavy atom. The van der Waals surface area contributed by atoms with Gasteiger partial charge >= 0.3 is 0 Å². The number of halogens is 1. The molecule has 0 aliphatic carbocycles. The smallest absolute Gasteiger partial charge is 0.119 e. The Morgan fingerprint density at radius 3 is 1.96 bits per heavy atom. The highest BCUT2D eigenvalue weighted by Gasteiger charge is 2.20. The molecule has 1 N–H and O–H groups in total. The highest BCUT2D eigenvalue weighted by atomic mass is 35.5. The van der Waals surface area contributed by atoms with Crippen molar-refractivity contribution in [3.8, 4) is 11.5 Å². The van der Waals surface area contributed by atoms with Crippen LogP contribution in [0.4, 0.5) is 0 Å². The van der Waals surface area contributed by atoms with E-state index in [1.54, 1.807) is 7.11 Å². The summed E-state index contributed by atoms with van der Waals surface area (Å²) >= 11 is 0. The van der Waals surface area contributed by atoms with Gasteiger partial charge in [-0.05, 0) is 50.2 Å². The van der Waals surface area contributed by atoms with Crippen LogP contribution in [-0.2, 0) is 0 Å². The highest BCUT2D eigenvalue weighted by molar-refractivity contribution is 5.85. The molecule has 2 fully saturated rings. The SMILES string of the molecule is COc1ccc(OCC(O)CN2CCN(CCN3CCCC3)CC2)cc1.Cl. The molecule has 0 saturated carbocycles. The number of hydrogen-bond acceptors (Lipinski definition) is 6. The molecule has 2 aliphatic rings. The van der Waals surface area contributed by atoms with E-state index in [2.05, 4.69) is 14.7 Å². The Balaban J connectivity index is 0.00000261. The quantitative estimate of drug-likeness (QED) is 0.680. The highest BCUT2D eigenvalue weighted by Crippen LogP contribution is 2.17. The first-order valence-electron chi connectivity index (χ1n) is 9.85. The lowest BCUT2D eigenvalue weighted by molar-refractivity contribution is 0.0446. The van der Waals surface area contributed by atoms with Gasteiger partial charge in [-0.2, -0.15) is 0 Å². The maximum absolute atomic E-state index is 10.3. The summed E-state index contributed by atoms with van der Waals surface area (Å²) in [5.74, 6) is 1.57. The van der Waals surface area contributed by atoms with Crippen LogP contribution in [0.15, 0.2) is 24.3 Å². The summed E-state index contributed by atoms with van der Waals surface area (Å²) in [6, 6.07) is 7.46. The van der Waals surface area contributed by atoms with E-state index in [0.29, 0.717) is 13.2 Å². The molecule has 1 unspecified atom stereocenters. The molecule has 7 heteroatoms. The maximum Gasteiger partial charge on any atom is 0.119 e. The van der Waals surface area contributed by atoms with E-state index >= 15 is 0 Å². The summed E-state index contributed by atoms with van der Waals surface area (Å²) in [5.41, 5.74) is 0. The van der Waals surface area contributed by atoms with Gasteiger partial charge < -0.3 is 19.5 Å². The van der Waals surface area contributed by atoms with Gasteiger partial charge in [-0.1, -0.05) is 0 Å². The molecule has 0 bridgehead atoms. The Bertz CT molecular complexity index is 518. The third-order valence-corrected chi connectivity index (χ3v) is 5.37. The van der Waals surface area contributed by atoms with Crippen molar-refractivity contribution in [3.63, 3.8) is 0 Å². The maximum atomic E-state index is 10.3. The second-order valence-corrected chi connectivity index (χ2v) is 7.33. The molecule has 2 saturated heterocycles. The summed E-state index contributed by atoms with van der Waals surface area (Å²) in [4.78, 5) is 7.47. The molecule has 154 valence electrons. The predicted molar refractivity (Wildman–Crippen MR) is 110 cm³/mol. The molecule has 0 radical (unpaired) electrons. The summed E-state index contributed by atoms with van der Waals surface area (Å²) < 4.78 is 10.8. The first-order chi connectivity index (χ1) is 12.7. The van der Waals surface area contributed by atoms with Crippen molar-refractivity contribution in [2.45, 2.75) is 18.9 Å². The lowest BCUT2D eigenvalue weighted by Crippen LogP contribution is -2.50. The number of nitrogens with zero attached hydrogens (tertiary/aromatic N) is 3. The minimum absolute atomic E-state index is 0. The van der Waals surface area contributed by atoms with Crippen LogP contribution < -0.4 is 9.47 Å². The van der Waals surface area contributed by atoms with Crippen LogP contribution in [0, 0.1) is 0 Å². The zero-order valence-electron chi connectivity index (χ0n) is 16.4. The predicted octanol–water partition coefficient (Wildman–Crippen LogP) is 1.57. The molecule has 2 heterocycles. The zero-order chi connectivity index (χ0) is 18.2. The molecule has 0 spiro atoms. The van der Waals surface area contributed by atoms with Gasteiger partial charge in [0.05, 0.1) is 7.11 Å². The van der Waals surface area contributed by atoms with Crippen LogP contribution in [0.5, 0.6) is 11.5 Å². The summed E-state index contributed by atoms with van der Waals surface area (Å²) in [5, 5.41) is 10.3. The van der Waals surface area contributed by atoms with E-state index in [9.17, 15) is 5.11 Å². The van der Waals surface area contributed by atoms with Crippen molar-refractivity contribution < 1.29 is 14.6 Å². The Hall–Kier alpha value is -1.05. The minimum atomic E-state index is -0.465. The van der Waals surface area contributed by atoms with Crippen LogP contribution in [-0.4, -0.2) is 98.5 Å². The van der Waals surface area contributed by atoms with Crippen molar-refractivity contribution in [2.75, 3.05) is 72.6 Å². The fraction of sp³-hybridized carbons (Fsp3) is 0.700. The van der Waals surface area contributed by atoms with Crippen molar-refractivity contribution >= 4 is 12.4 Å². The summed E-state index contributed by atoms with van der Waals surface area (Å²) in [6.07, 6.45) is 2.27. The molecular weight excluding hydrogens is 366 g/mol. The topological polar surface area (TPSA) is 48.4 Å². The lowest BCUT2D eigenvalue weighted by Gasteiger charge is -2.36. The standard InChI is InChI=1S/C20H33N3O3.ClH/c1-25-19-4-6-20(7-5-19)26-17-18(24)16-23-14-12-22(13-15-23)11-10-21-8-2-3-9-21;/h4-7,18,24H,2-3,8-17H2,1H3;1H. The van der Waals surface area contributed by atoms with Crippen LogP contribution in [0.3, 0.4) is 0 Å². The third kappa shape index (κ3) is 7.47. The first kappa shape index (κ1) is 22.2. The number of piperazine rings is 1. The van der Waals surface area contributed by atoms with Gasteiger partial charge in [-0.15, -0.1) is 12.4 Å². The molecule has 3 rings (SSSR count). The molecular formula is C20H34ClN3O3. The number of aliphatic hydroxyl groups is 1. The number of β-amino-alcohol motifs (C(OH)–C–C–N with tert-alkyl or cyclic N) is 1. The van der Waals surface area contributed by atoms with Gasteiger partial charge in [0.15, 0.2) is 0 Å². The number of aliphatic hydroxyl groups excluding tert-OH is 1. The third-order valence-electron chi connectivity index (χ3n) is 5.37. The molecule has 1 aromatic rings. The number of ether oxygens (including phenoxy) is 2. The number of hydrogen-bond donors (Lipinski definition) is 1. The van der Waals surface area contributed by atoms with Gasteiger partial charge in [0.1, 0.15) is 24.2 Å². The van der Waals surface area contributed by atoms with E-state index in [1.165, 1.54) is 39.0 Å². The second kappa shape index (κ2) is 11.7. The molecule has 6 nitrogen and oxygen atoms in total. The molecule has 1 aromatic carbocycles. The number of methoxy groups -OCH3 is 1. The lowest BCUT2D eigenvalue weighted by atomic mass is 10.2. The average molecular weight is 400 g/mol. The van der Waals surface area contributed by atoms with Gasteiger partial charge in [0, 0.05) is 45.8 Å². The minimum Gasteiger partial charge on any atom is -0.497 e. The van der Waals surface area contributed by atoms with Crippen molar-refractivity contribution in [2.24, 2.45) is 0 Å². The largest absolute Gasteiger partial charge is 0.497 e. The van der Waals surface area contributed by atoms with E-state index < -0.39 is 6.10 Å². The monoisotopic (exact) mass is 399 g/mol. The zero-order valence-corrected chi connectivity index (χ0v) is 17.2. The van der Waals surface area contributed by atoms with E-state index in [4.69, 9.17) is 9.47 Å². The van der Waals surface area contributed by atoms with E-state index in [1.807, 2.05) is 24.3 Å². The molecule has 0 aromatic heterocycles. The molecule has 0 amide bonds. The molecule has 27 heavy (non-hydrogen) atoms. The Kier molecular flexibility index (Phi) is 9.65. The van der Waals surface area contributed by atoms with Gasteiger partial charge in [-0.25, -0.2) is 0 Å². The van der Waals surface area contributed by atoms with Gasteiger partial charge in [0.2, 0.25) is 0 Å². The fourth-order valence-corrected chi connectivity index (χ4v) is 3.70. The Labute approximate surface area is 169 Å². The van der Waals surface area contributed by atoms with Crippen LogP contribution >= 0.6 is 12.4 Å². The second-order valence-electron chi connectivity index (χ2n) is 7.33. The summed E-state index contributed by atoms with van der Waals surface area (Å²) in [6.45, 7) is 10.2. The molecule has 1 atom stereocenters. The number of rotatable bonds is 9. The Morgan fingerprint density at radius 1 is 0.852 bits per heavy atom. The normalized spacial score (nSPS) is 20.2. The van der Waals surface area contributed by atoms with E-state index in [-0.39, 0.29) is 12.4 Å². The van der Waals surface area contributed by atoms with Crippen LogP contribution in [0.25, 0.3) is 0 Å². The van der Waals surface area contributed by atoms with E-state index in [0.717, 1.165) is 37.7 Å². The summed E-state index contributed by atoms with van der Waals surface area (Å²) in [7, 11) is 1.64. The van der Waals surface area contributed by atoms with Crippen molar-refractivity contribution in [1.29, 1.82) is 0 Å². The number of benzene rings is 1. The first-order valence-corrected chi connectivity index (χ1v) is 9.85. The van der Waals surface area contributed by atoms with Gasteiger partial charge in [0.25, 0.3) is 0 Å². The average Bonchev–Trinajstić information content (AvgIpc) is 3.20. The fourth-order valence-electron chi connectivity index (χ4n) is 3.70. The van der Waals surface area contributed by atoms with Gasteiger partial charge in [-0.3, -0.25) is 9.80 Å². The van der Waals surface area contributed by atoms with Crippen molar-refractivity contribution in [3.05, 3.63) is 24.3 Å². The van der Waals surface area contributed by atoms with Crippen LogP contribution in [0.2, 0.25) is 0 Å². The number of likely N-dealkylation sites (tertiary alicyclic amines) is 1. The van der Waals surface area contributed by atoms with Crippen molar-refractivity contribution in [1.82, 2.24) is 14.7 Å².